The second-order valence-electron chi connectivity index (χ2n) is 4.97. The number of ether oxygens (including phenoxy) is 3. The Morgan fingerprint density at radius 3 is 2.50 bits per heavy atom. The summed E-state index contributed by atoms with van der Waals surface area (Å²) < 4.78 is 17.3. The van der Waals surface area contributed by atoms with Crippen LogP contribution in [-0.2, 0) is 20.8 Å². The summed E-state index contributed by atoms with van der Waals surface area (Å²) in [6.07, 6.45) is 7.87. The van der Waals surface area contributed by atoms with Crippen molar-refractivity contribution in [3.8, 4) is 0 Å². The maximum atomic E-state index is 5.93. The van der Waals surface area contributed by atoms with Crippen molar-refractivity contribution in [2.45, 2.75) is 44.2 Å². The molecule has 0 atom stereocenters. The quantitative estimate of drug-likeness (QED) is 0.824. The Morgan fingerprint density at radius 1 is 1.17 bits per heavy atom. The van der Waals surface area contributed by atoms with Gasteiger partial charge in [0.1, 0.15) is 0 Å². The maximum Gasteiger partial charge on any atom is 0.168 e. The molecule has 1 saturated carbocycles. The number of hydrogen-bond donors (Lipinski definition) is 0. The first-order valence-electron chi connectivity index (χ1n) is 6.65. The second kappa shape index (κ2) is 5.34. The molecule has 0 unspecified atom stereocenters. The van der Waals surface area contributed by atoms with E-state index in [1.54, 1.807) is 12.4 Å². The summed E-state index contributed by atoms with van der Waals surface area (Å²) in [5.74, 6) is -0.281. The van der Waals surface area contributed by atoms with Crippen LogP contribution in [0.15, 0.2) is 24.5 Å². The van der Waals surface area contributed by atoms with Gasteiger partial charge in [0.05, 0.1) is 25.9 Å². The Balaban J connectivity index is 1.46. The molecular formula is C14H19NO3. The second-order valence-corrected chi connectivity index (χ2v) is 4.97. The van der Waals surface area contributed by atoms with E-state index in [9.17, 15) is 0 Å². The molecule has 18 heavy (non-hydrogen) atoms. The van der Waals surface area contributed by atoms with Gasteiger partial charge in [-0.05, 0) is 30.5 Å². The third-order valence-corrected chi connectivity index (χ3v) is 3.74. The minimum atomic E-state index is -0.281. The highest BCUT2D eigenvalue weighted by Gasteiger charge is 2.40. The van der Waals surface area contributed by atoms with Crippen LogP contribution in [0.3, 0.4) is 0 Å². The van der Waals surface area contributed by atoms with Crippen LogP contribution in [0.5, 0.6) is 0 Å². The van der Waals surface area contributed by atoms with E-state index >= 15 is 0 Å². The van der Waals surface area contributed by atoms with Crippen molar-refractivity contribution in [3.05, 3.63) is 30.1 Å². The zero-order valence-corrected chi connectivity index (χ0v) is 10.5. The topological polar surface area (TPSA) is 40.6 Å². The molecular weight excluding hydrogens is 230 g/mol. The van der Waals surface area contributed by atoms with Crippen LogP contribution < -0.4 is 0 Å². The fraction of sp³-hybridized carbons (Fsp3) is 0.643. The Morgan fingerprint density at radius 2 is 1.83 bits per heavy atom. The average Bonchev–Trinajstić information content (AvgIpc) is 2.88. The van der Waals surface area contributed by atoms with Crippen LogP contribution in [0.1, 0.15) is 31.2 Å². The molecule has 3 rings (SSSR count). The maximum absolute atomic E-state index is 5.93. The van der Waals surface area contributed by atoms with Gasteiger partial charge in [-0.1, -0.05) is 0 Å². The number of rotatable bonds is 3. The Labute approximate surface area is 107 Å². The first kappa shape index (κ1) is 12.1. The van der Waals surface area contributed by atoms with Crippen LogP contribution in [0.4, 0.5) is 0 Å². The first-order valence-corrected chi connectivity index (χ1v) is 6.65. The molecule has 1 aliphatic heterocycles. The molecule has 1 aliphatic carbocycles. The predicted octanol–water partition coefficient (Wildman–Crippen LogP) is 2.28. The van der Waals surface area contributed by atoms with E-state index in [-0.39, 0.29) is 5.79 Å². The van der Waals surface area contributed by atoms with Crippen LogP contribution >= 0.6 is 0 Å². The van der Waals surface area contributed by atoms with E-state index in [0.29, 0.717) is 12.7 Å². The molecule has 0 N–H and O–H groups in total. The molecule has 98 valence electrons. The smallest absolute Gasteiger partial charge is 0.168 e. The minimum absolute atomic E-state index is 0.281. The molecule has 0 bridgehead atoms. The van der Waals surface area contributed by atoms with Gasteiger partial charge >= 0.3 is 0 Å². The van der Waals surface area contributed by atoms with Crippen molar-refractivity contribution >= 4 is 0 Å². The van der Waals surface area contributed by atoms with Gasteiger partial charge in [0.2, 0.25) is 0 Å². The van der Waals surface area contributed by atoms with Gasteiger partial charge in [-0.15, -0.1) is 0 Å². The monoisotopic (exact) mass is 249 g/mol. The highest BCUT2D eigenvalue weighted by Crippen LogP contribution is 2.36. The van der Waals surface area contributed by atoms with Crippen LogP contribution in [0.25, 0.3) is 0 Å². The molecule has 0 amide bonds. The van der Waals surface area contributed by atoms with Crippen molar-refractivity contribution in [1.29, 1.82) is 0 Å². The minimum Gasteiger partial charge on any atom is -0.374 e. The fourth-order valence-corrected chi connectivity index (χ4v) is 2.68. The van der Waals surface area contributed by atoms with Crippen LogP contribution in [0, 0.1) is 0 Å². The molecule has 2 fully saturated rings. The van der Waals surface area contributed by atoms with Crippen molar-refractivity contribution in [3.63, 3.8) is 0 Å². The Bertz CT molecular complexity index is 366. The van der Waals surface area contributed by atoms with E-state index in [4.69, 9.17) is 14.2 Å². The normalized spacial score (nSPS) is 23.6. The molecule has 4 nitrogen and oxygen atoms in total. The molecule has 1 aromatic heterocycles. The third kappa shape index (κ3) is 2.71. The highest BCUT2D eigenvalue weighted by atomic mass is 16.7. The van der Waals surface area contributed by atoms with Crippen molar-refractivity contribution in [2.24, 2.45) is 0 Å². The van der Waals surface area contributed by atoms with Crippen molar-refractivity contribution < 1.29 is 14.2 Å². The average molecular weight is 249 g/mol. The molecule has 4 heteroatoms. The Kier molecular flexibility index (Phi) is 3.59. The lowest BCUT2D eigenvalue weighted by atomic mass is 9.92. The van der Waals surface area contributed by atoms with Crippen molar-refractivity contribution in [2.75, 3.05) is 13.2 Å². The number of pyridine rings is 1. The van der Waals surface area contributed by atoms with E-state index in [1.807, 2.05) is 12.1 Å². The summed E-state index contributed by atoms with van der Waals surface area (Å²) in [5, 5.41) is 0. The number of hydrogen-bond acceptors (Lipinski definition) is 4. The molecule has 1 spiro atoms. The number of nitrogens with zero attached hydrogens (tertiary/aromatic N) is 1. The predicted molar refractivity (Wildman–Crippen MR) is 65.9 cm³/mol. The number of aromatic nitrogens is 1. The summed E-state index contributed by atoms with van der Waals surface area (Å²) in [7, 11) is 0. The first-order chi connectivity index (χ1) is 8.86. The summed E-state index contributed by atoms with van der Waals surface area (Å²) in [4.78, 5) is 4.00. The van der Waals surface area contributed by atoms with Gasteiger partial charge in [0.25, 0.3) is 0 Å². The SMILES string of the molecule is c1cc(COC2CCC3(CC2)OCCO3)ccn1. The van der Waals surface area contributed by atoms with E-state index in [2.05, 4.69) is 4.98 Å². The van der Waals surface area contributed by atoms with E-state index in [0.717, 1.165) is 38.9 Å². The van der Waals surface area contributed by atoms with Crippen LogP contribution in [0.2, 0.25) is 0 Å². The lowest BCUT2D eigenvalue weighted by Gasteiger charge is -2.35. The summed E-state index contributed by atoms with van der Waals surface area (Å²) in [6, 6.07) is 3.99. The summed E-state index contributed by atoms with van der Waals surface area (Å²) in [6.45, 7) is 2.15. The van der Waals surface area contributed by atoms with Crippen molar-refractivity contribution in [1.82, 2.24) is 4.98 Å². The van der Waals surface area contributed by atoms with Gasteiger partial charge in [-0.25, -0.2) is 0 Å². The van der Waals surface area contributed by atoms with Gasteiger partial charge in [-0.2, -0.15) is 0 Å². The van der Waals surface area contributed by atoms with E-state index < -0.39 is 0 Å². The molecule has 2 aliphatic rings. The summed E-state index contributed by atoms with van der Waals surface area (Å²) >= 11 is 0. The zero-order chi connectivity index (χ0) is 12.3. The summed E-state index contributed by atoms with van der Waals surface area (Å²) in [5.41, 5.74) is 1.18. The standard InChI is InChI=1S/C14H19NO3/c1-5-14(17-9-10-18-14)6-2-13(1)16-11-12-3-7-15-8-4-12/h3-4,7-8,13H,1-2,5-6,9-11H2. The van der Waals surface area contributed by atoms with Gasteiger partial charge < -0.3 is 14.2 Å². The fourth-order valence-electron chi connectivity index (χ4n) is 2.68. The van der Waals surface area contributed by atoms with Gasteiger partial charge in [-0.3, -0.25) is 4.98 Å². The lowest BCUT2D eigenvalue weighted by molar-refractivity contribution is -0.192. The molecule has 1 saturated heterocycles. The molecule has 0 radical (unpaired) electrons. The van der Waals surface area contributed by atoms with Crippen LogP contribution in [-0.4, -0.2) is 30.1 Å². The lowest BCUT2D eigenvalue weighted by Crippen LogP contribution is -2.37. The highest BCUT2D eigenvalue weighted by molar-refractivity contribution is 5.08. The largest absolute Gasteiger partial charge is 0.374 e. The van der Waals surface area contributed by atoms with E-state index in [1.165, 1.54) is 5.56 Å². The molecule has 0 aromatic carbocycles. The van der Waals surface area contributed by atoms with Gasteiger partial charge in [0, 0.05) is 25.2 Å². The van der Waals surface area contributed by atoms with Gasteiger partial charge in [0.15, 0.2) is 5.79 Å². The third-order valence-electron chi connectivity index (χ3n) is 3.74. The zero-order valence-electron chi connectivity index (χ0n) is 10.5. The Hall–Kier alpha value is -0.970. The molecule has 2 heterocycles. The molecule has 1 aromatic rings.